The van der Waals surface area contributed by atoms with Crippen LogP contribution in [0.3, 0.4) is 0 Å². The van der Waals surface area contributed by atoms with Crippen LogP contribution in [0.1, 0.15) is 5.82 Å². The third-order valence-corrected chi connectivity index (χ3v) is 4.48. The van der Waals surface area contributed by atoms with E-state index in [1.165, 1.54) is 0 Å². The van der Waals surface area contributed by atoms with Crippen LogP contribution in [0.2, 0.25) is 0 Å². The molecule has 23 heavy (non-hydrogen) atoms. The molecule has 0 saturated carbocycles. The average molecular weight is 378 g/mol. The molecule has 0 radical (unpaired) electrons. The van der Waals surface area contributed by atoms with Crippen molar-refractivity contribution < 1.29 is 4.92 Å². The van der Waals surface area contributed by atoms with Crippen LogP contribution in [0.4, 0.5) is 17.2 Å². The summed E-state index contributed by atoms with van der Waals surface area (Å²) in [6.45, 7) is 5.24. The molecular formula is C15H16BrN5O2. The van der Waals surface area contributed by atoms with E-state index in [1.54, 1.807) is 24.4 Å². The molecule has 3 rings (SSSR count). The first-order valence-corrected chi connectivity index (χ1v) is 8.07. The SMILES string of the molecule is Cc1nccc(N2CCN(c3ccc([N+](=O)[O-])cc3Br)CC2)n1. The van der Waals surface area contributed by atoms with E-state index in [1.807, 2.05) is 13.0 Å². The zero-order valence-corrected chi connectivity index (χ0v) is 14.2. The first-order chi connectivity index (χ1) is 11.0. The largest absolute Gasteiger partial charge is 0.367 e. The quantitative estimate of drug-likeness (QED) is 0.604. The van der Waals surface area contributed by atoms with Crippen molar-refractivity contribution in [3.05, 3.63) is 50.9 Å². The van der Waals surface area contributed by atoms with Crippen molar-refractivity contribution in [3.8, 4) is 0 Å². The van der Waals surface area contributed by atoms with Gasteiger partial charge in [0.15, 0.2) is 0 Å². The maximum Gasteiger partial charge on any atom is 0.270 e. The molecule has 0 N–H and O–H groups in total. The van der Waals surface area contributed by atoms with E-state index < -0.39 is 0 Å². The summed E-state index contributed by atoms with van der Waals surface area (Å²) in [4.78, 5) is 23.5. The molecule has 0 aliphatic carbocycles. The fourth-order valence-corrected chi connectivity index (χ4v) is 3.28. The van der Waals surface area contributed by atoms with Gasteiger partial charge >= 0.3 is 0 Å². The van der Waals surface area contributed by atoms with Gasteiger partial charge in [-0.1, -0.05) is 0 Å². The maximum absolute atomic E-state index is 10.8. The van der Waals surface area contributed by atoms with Crippen LogP contribution in [0.5, 0.6) is 0 Å². The van der Waals surface area contributed by atoms with Crippen LogP contribution in [0.15, 0.2) is 34.9 Å². The van der Waals surface area contributed by atoms with E-state index in [-0.39, 0.29) is 10.6 Å². The van der Waals surface area contributed by atoms with Gasteiger partial charge in [-0.15, -0.1) is 0 Å². The van der Waals surface area contributed by atoms with Crippen molar-refractivity contribution in [1.29, 1.82) is 0 Å². The predicted molar refractivity (Wildman–Crippen MR) is 92.0 cm³/mol. The van der Waals surface area contributed by atoms with Gasteiger partial charge in [-0.3, -0.25) is 10.1 Å². The zero-order chi connectivity index (χ0) is 16.4. The van der Waals surface area contributed by atoms with Gasteiger partial charge in [0.1, 0.15) is 11.6 Å². The monoisotopic (exact) mass is 377 g/mol. The van der Waals surface area contributed by atoms with Crippen LogP contribution < -0.4 is 9.80 Å². The van der Waals surface area contributed by atoms with Gasteiger partial charge in [-0.05, 0) is 35.0 Å². The second-order valence-electron chi connectivity index (χ2n) is 5.33. The third kappa shape index (κ3) is 3.42. The highest BCUT2D eigenvalue weighted by molar-refractivity contribution is 9.10. The number of aryl methyl sites for hydroxylation is 1. The van der Waals surface area contributed by atoms with Crippen molar-refractivity contribution in [2.45, 2.75) is 6.92 Å². The molecule has 1 aliphatic rings. The fourth-order valence-electron chi connectivity index (χ4n) is 2.66. The molecule has 1 fully saturated rings. The molecule has 2 aromatic rings. The van der Waals surface area contributed by atoms with E-state index in [9.17, 15) is 10.1 Å². The van der Waals surface area contributed by atoms with E-state index in [0.29, 0.717) is 0 Å². The molecule has 0 bridgehead atoms. The predicted octanol–water partition coefficient (Wildman–Crippen LogP) is 2.78. The smallest absolute Gasteiger partial charge is 0.270 e. The van der Waals surface area contributed by atoms with E-state index in [4.69, 9.17) is 0 Å². The zero-order valence-electron chi connectivity index (χ0n) is 12.6. The highest BCUT2D eigenvalue weighted by atomic mass is 79.9. The Morgan fingerprint density at radius 2 is 1.87 bits per heavy atom. The lowest BCUT2D eigenvalue weighted by Gasteiger charge is -2.37. The van der Waals surface area contributed by atoms with Crippen LogP contribution >= 0.6 is 15.9 Å². The van der Waals surface area contributed by atoms with Crippen molar-refractivity contribution in [3.63, 3.8) is 0 Å². The van der Waals surface area contributed by atoms with E-state index in [0.717, 1.165) is 48.0 Å². The minimum atomic E-state index is -0.385. The Balaban J connectivity index is 1.70. The van der Waals surface area contributed by atoms with Crippen molar-refractivity contribution in [2.75, 3.05) is 36.0 Å². The number of piperazine rings is 1. The molecular weight excluding hydrogens is 362 g/mol. The van der Waals surface area contributed by atoms with Crippen molar-refractivity contribution >= 4 is 33.1 Å². The van der Waals surface area contributed by atoms with Crippen LogP contribution in [0, 0.1) is 17.0 Å². The molecule has 1 saturated heterocycles. The Labute approximate surface area is 142 Å². The summed E-state index contributed by atoms with van der Waals surface area (Å²) in [5.74, 6) is 1.71. The Kier molecular flexibility index (Phi) is 4.42. The number of nitro groups is 1. The fraction of sp³-hybridized carbons (Fsp3) is 0.333. The molecule has 0 atom stereocenters. The summed E-state index contributed by atoms with van der Waals surface area (Å²) in [7, 11) is 0. The van der Waals surface area contributed by atoms with E-state index >= 15 is 0 Å². The molecule has 8 heteroatoms. The molecule has 1 aromatic heterocycles. The Morgan fingerprint density at radius 3 is 2.48 bits per heavy atom. The number of nitro benzene ring substituents is 1. The van der Waals surface area contributed by atoms with Gasteiger partial charge in [0, 0.05) is 49.0 Å². The average Bonchev–Trinajstić information content (AvgIpc) is 2.55. The molecule has 0 spiro atoms. The maximum atomic E-state index is 10.8. The van der Waals surface area contributed by atoms with Gasteiger partial charge in [-0.2, -0.15) is 0 Å². The highest BCUT2D eigenvalue weighted by Gasteiger charge is 2.21. The lowest BCUT2D eigenvalue weighted by molar-refractivity contribution is -0.384. The Morgan fingerprint density at radius 1 is 1.17 bits per heavy atom. The summed E-state index contributed by atoms with van der Waals surface area (Å²) >= 11 is 3.44. The van der Waals surface area contributed by atoms with Crippen molar-refractivity contribution in [2.24, 2.45) is 0 Å². The molecule has 1 aromatic carbocycles. The summed E-state index contributed by atoms with van der Waals surface area (Å²) in [5, 5.41) is 10.8. The third-order valence-electron chi connectivity index (χ3n) is 3.85. The molecule has 0 amide bonds. The number of hydrogen-bond donors (Lipinski definition) is 0. The van der Waals surface area contributed by atoms with Gasteiger partial charge in [0.05, 0.1) is 10.6 Å². The van der Waals surface area contributed by atoms with Crippen molar-refractivity contribution in [1.82, 2.24) is 9.97 Å². The topological polar surface area (TPSA) is 75.4 Å². The first kappa shape index (κ1) is 15.7. The minimum Gasteiger partial charge on any atom is -0.367 e. The second kappa shape index (κ2) is 6.49. The van der Waals surface area contributed by atoms with Crippen LogP contribution in [0.25, 0.3) is 0 Å². The number of benzene rings is 1. The molecule has 0 unspecified atom stereocenters. The summed E-state index contributed by atoms with van der Waals surface area (Å²) in [6.07, 6.45) is 1.77. The normalized spacial score (nSPS) is 14.9. The number of anilines is 2. The Hall–Kier alpha value is -2.22. The number of non-ortho nitro benzene ring substituents is 1. The van der Waals surface area contributed by atoms with Gasteiger partial charge in [0.2, 0.25) is 0 Å². The van der Waals surface area contributed by atoms with Crippen LogP contribution in [-0.2, 0) is 0 Å². The first-order valence-electron chi connectivity index (χ1n) is 7.28. The minimum absolute atomic E-state index is 0.0933. The molecule has 1 aliphatic heterocycles. The standard InChI is InChI=1S/C15H16BrN5O2/c1-11-17-5-4-15(18-11)20-8-6-19(7-9-20)14-3-2-12(21(22)23)10-13(14)16/h2-5,10H,6-9H2,1H3. The van der Waals surface area contributed by atoms with Gasteiger partial charge < -0.3 is 9.80 Å². The summed E-state index contributed by atoms with van der Waals surface area (Å²) in [6, 6.07) is 6.81. The summed E-state index contributed by atoms with van der Waals surface area (Å²) in [5.41, 5.74) is 1.07. The second-order valence-corrected chi connectivity index (χ2v) is 6.18. The molecule has 2 heterocycles. The number of halogens is 1. The van der Waals surface area contributed by atoms with Crippen LogP contribution in [-0.4, -0.2) is 41.1 Å². The molecule has 7 nitrogen and oxygen atoms in total. The number of aromatic nitrogens is 2. The summed E-state index contributed by atoms with van der Waals surface area (Å²) < 4.78 is 0.748. The highest BCUT2D eigenvalue weighted by Crippen LogP contribution is 2.31. The molecule has 120 valence electrons. The Bertz CT molecular complexity index is 732. The number of nitrogens with zero attached hydrogens (tertiary/aromatic N) is 5. The lowest BCUT2D eigenvalue weighted by Crippen LogP contribution is -2.47. The van der Waals surface area contributed by atoms with Gasteiger partial charge in [-0.25, -0.2) is 9.97 Å². The lowest BCUT2D eigenvalue weighted by atomic mass is 10.2. The number of hydrogen-bond acceptors (Lipinski definition) is 6. The van der Waals surface area contributed by atoms with E-state index in [2.05, 4.69) is 35.7 Å². The van der Waals surface area contributed by atoms with Gasteiger partial charge in [0.25, 0.3) is 5.69 Å². The number of rotatable bonds is 3.